The quantitative estimate of drug-likeness (QED) is 0.207. The second kappa shape index (κ2) is 11.2. The maximum atomic E-state index is 6.62. The minimum atomic E-state index is -0.499. The van der Waals surface area contributed by atoms with Gasteiger partial charge in [0.1, 0.15) is 6.33 Å². The summed E-state index contributed by atoms with van der Waals surface area (Å²) in [6.45, 7) is 13.5. The minimum Gasteiger partial charge on any atom is -0.465 e. The van der Waals surface area contributed by atoms with E-state index in [-0.39, 0.29) is 0 Å². The van der Waals surface area contributed by atoms with Gasteiger partial charge in [0.05, 0.1) is 27.7 Å². The number of halogens is 1. The van der Waals surface area contributed by atoms with Gasteiger partial charge in [-0.05, 0) is 43.7 Å². The van der Waals surface area contributed by atoms with Gasteiger partial charge < -0.3 is 15.4 Å². The fourth-order valence-corrected chi connectivity index (χ4v) is 5.11. The lowest BCUT2D eigenvalue weighted by atomic mass is 10.0. The van der Waals surface area contributed by atoms with Gasteiger partial charge in [0.15, 0.2) is 22.3 Å². The zero-order chi connectivity index (χ0) is 26.6. The summed E-state index contributed by atoms with van der Waals surface area (Å²) in [5.41, 5.74) is 6.28. The van der Waals surface area contributed by atoms with Crippen LogP contribution in [0.2, 0.25) is 5.02 Å². The Kier molecular flexibility index (Phi) is 7.57. The molecule has 4 aromatic rings. The van der Waals surface area contributed by atoms with Crippen LogP contribution in [0.4, 0.5) is 17.1 Å². The first-order valence-corrected chi connectivity index (χ1v) is 13.6. The smallest absolute Gasteiger partial charge is 0.245 e. The van der Waals surface area contributed by atoms with Gasteiger partial charge in [-0.2, -0.15) is 4.98 Å². The van der Waals surface area contributed by atoms with E-state index in [1.54, 1.807) is 5.51 Å². The van der Waals surface area contributed by atoms with Gasteiger partial charge in [-0.15, -0.1) is 11.3 Å². The fraction of sp³-hybridized carbons (Fsp3) is 0.214. The summed E-state index contributed by atoms with van der Waals surface area (Å²) in [5, 5.41) is 7.24. The Labute approximate surface area is 230 Å². The first-order chi connectivity index (χ1) is 18.5. The van der Waals surface area contributed by atoms with Crippen LogP contribution in [0.5, 0.6) is 5.88 Å². The number of hydrogen-bond donors (Lipinski definition) is 2. The van der Waals surface area contributed by atoms with E-state index in [0.29, 0.717) is 28.0 Å². The van der Waals surface area contributed by atoms with Crippen LogP contribution in [0, 0.1) is 0 Å². The van der Waals surface area contributed by atoms with Crippen molar-refractivity contribution in [2.75, 3.05) is 16.8 Å². The van der Waals surface area contributed by atoms with Crippen molar-refractivity contribution in [1.29, 1.82) is 0 Å². The van der Waals surface area contributed by atoms with E-state index >= 15 is 0 Å². The molecule has 1 aliphatic rings. The van der Waals surface area contributed by atoms with Gasteiger partial charge >= 0.3 is 0 Å². The molecule has 0 fully saturated rings. The van der Waals surface area contributed by atoms with Gasteiger partial charge in [-0.25, -0.2) is 15.0 Å². The van der Waals surface area contributed by atoms with Gasteiger partial charge in [0.25, 0.3) is 0 Å². The molecule has 0 amide bonds. The highest BCUT2D eigenvalue weighted by atomic mass is 35.5. The highest BCUT2D eigenvalue weighted by Crippen LogP contribution is 2.41. The van der Waals surface area contributed by atoms with Crippen LogP contribution in [0.15, 0.2) is 78.3 Å². The van der Waals surface area contributed by atoms with E-state index in [9.17, 15) is 0 Å². The molecule has 1 atom stereocenters. The molecule has 2 aromatic carbocycles. The Morgan fingerprint density at radius 2 is 2.03 bits per heavy atom. The monoisotopic (exact) mass is 545 g/mol. The van der Waals surface area contributed by atoms with Crippen LogP contribution in [-0.4, -0.2) is 33.4 Å². The number of rotatable bonds is 10. The Balaban J connectivity index is 1.50. The van der Waals surface area contributed by atoms with Crippen molar-refractivity contribution < 1.29 is 4.74 Å². The number of anilines is 2. The number of amidine groups is 1. The van der Waals surface area contributed by atoms with E-state index in [2.05, 4.69) is 45.7 Å². The van der Waals surface area contributed by atoms with E-state index in [1.807, 2.05) is 54.3 Å². The number of nitrogens with one attached hydrogen (secondary N) is 2. The average Bonchev–Trinajstić information content (AvgIpc) is 3.39. The molecule has 0 saturated carbocycles. The topological polar surface area (TPSA) is 87.6 Å². The van der Waals surface area contributed by atoms with Crippen molar-refractivity contribution in [3.8, 4) is 5.88 Å². The van der Waals surface area contributed by atoms with E-state index in [1.165, 1.54) is 17.7 Å². The molecule has 10 heteroatoms. The molecule has 2 N–H and O–H groups in total. The molecule has 2 aromatic heterocycles. The van der Waals surface area contributed by atoms with Crippen LogP contribution in [0.25, 0.3) is 16.0 Å². The van der Waals surface area contributed by atoms with E-state index in [0.717, 1.165) is 52.7 Å². The van der Waals surface area contributed by atoms with Crippen molar-refractivity contribution in [2.45, 2.75) is 32.8 Å². The molecule has 0 aliphatic carbocycles. The highest BCUT2D eigenvalue weighted by molar-refractivity contribution is 7.16. The largest absolute Gasteiger partial charge is 0.465 e. The summed E-state index contributed by atoms with van der Waals surface area (Å²) in [6, 6.07) is 13.6. The first kappa shape index (κ1) is 25.7. The number of benzene rings is 2. The van der Waals surface area contributed by atoms with Crippen molar-refractivity contribution in [3.05, 3.63) is 83.9 Å². The van der Waals surface area contributed by atoms with Gasteiger partial charge in [-0.1, -0.05) is 50.2 Å². The van der Waals surface area contributed by atoms with E-state index < -0.39 is 6.10 Å². The number of aliphatic imine (C=N–C) groups is 1. The number of aromatic nitrogens is 3. The predicted molar refractivity (Wildman–Crippen MR) is 157 cm³/mol. The lowest BCUT2D eigenvalue weighted by Crippen LogP contribution is -2.41. The third kappa shape index (κ3) is 5.20. The molecule has 194 valence electrons. The molecule has 0 bridgehead atoms. The lowest BCUT2D eigenvalue weighted by Gasteiger charge is -2.35. The molecular weight excluding hydrogens is 518 g/mol. The molecule has 5 rings (SSSR count). The van der Waals surface area contributed by atoms with Crippen molar-refractivity contribution in [2.24, 2.45) is 4.99 Å². The van der Waals surface area contributed by atoms with Crippen LogP contribution in [0.3, 0.4) is 0 Å². The molecule has 1 aliphatic heterocycles. The summed E-state index contributed by atoms with van der Waals surface area (Å²) in [5.74, 6) is 1.78. The third-order valence-corrected chi connectivity index (χ3v) is 7.08. The number of unbranched alkanes of at least 4 members (excludes halogenated alkanes) is 1. The number of ether oxygens (including phenoxy) is 1. The van der Waals surface area contributed by atoms with Crippen LogP contribution < -0.4 is 20.3 Å². The molecule has 3 heterocycles. The zero-order valence-electron chi connectivity index (χ0n) is 21.2. The van der Waals surface area contributed by atoms with Crippen LogP contribution in [0.1, 0.15) is 32.3 Å². The second-order valence-corrected chi connectivity index (χ2v) is 10.0. The van der Waals surface area contributed by atoms with Crippen molar-refractivity contribution in [1.82, 2.24) is 20.3 Å². The van der Waals surface area contributed by atoms with Crippen LogP contribution >= 0.6 is 22.9 Å². The summed E-state index contributed by atoms with van der Waals surface area (Å²) in [7, 11) is 0. The Bertz CT molecular complexity index is 1530. The molecule has 38 heavy (non-hydrogen) atoms. The number of fused-ring (bicyclic) bond motifs is 2. The van der Waals surface area contributed by atoms with Crippen LogP contribution in [-0.2, 0) is 0 Å². The molecule has 8 nitrogen and oxygen atoms in total. The Morgan fingerprint density at radius 1 is 1.18 bits per heavy atom. The van der Waals surface area contributed by atoms with Gasteiger partial charge in [0.2, 0.25) is 5.88 Å². The van der Waals surface area contributed by atoms with Crippen molar-refractivity contribution in [3.63, 3.8) is 0 Å². The normalized spacial score (nSPS) is 13.6. The minimum absolute atomic E-state index is 0.402. The van der Waals surface area contributed by atoms with E-state index in [4.69, 9.17) is 21.3 Å². The highest BCUT2D eigenvalue weighted by Gasteiger charge is 2.31. The Hall–Kier alpha value is -3.95. The average molecular weight is 546 g/mol. The molecule has 0 radical (unpaired) electrons. The summed E-state index contributed by atoms with van der Waals surface area (Å²) in [4.78, 5) is 20.7. The summed E-state index contributed by atoms with van der Waals surface area (Å²) >= 11 is 8.05. The summed E-state index contributed by atoms with van der Waals surface area (Å²) < 4.78 is 6.33. The maximum absolute atomic E-state index is 6.62. The number of hydrogen-bond acceptors (Lipinski definition) is 9. The zero-order valence-corrected chi connectivity index (χ0v) is 22.8. The van der Waals surface area contributed by atoms with Gasteiger partial charge in [0, 0.05) is 23.5 Å². The number of nitrogens with zero attached hydrogens (tertiary/aromatic N) is 5. The fourth-order valence-electron chi connectivity index (χ4n) is 4.21. The maximum Gasteiger partial charge on any atom is 0.245 e. The molecule has 0 saturated heterocycles. The standard InChI is InChI=1S/C28H28ClN7OS/c1-5-6-13-30-19(4)34-20-9-7-10-21(14-20)36-17(2)24-22(29)11-8-12-23(24)35-26(36)18(3)37-27-25-28(32-15-31-27)38-16-33-25/h7-12,14-16,18,30,34H,2,4-6,13H2,1,3H3. The van der Waals surface area contributed by atoms with Gasteiger partial charge in [-0.3, -0.25) is 4.90 Å². The third-order valence-electron chi connectivity index (χ3n) is 6.04. The first-order valence-electron chi connectivity index (χ1n) is 12.3. The molecular formula is C28H28ClN7OS. The number of thiazole rings is 1. The molecule has 1 unspecified atom stereocenters. The lowest BCUT2D eigenvalue weighted by molar-refractivity contribution is 0.277. The second-order valence-electron chi connectivity index (χ2n) is 8.77. The Morgan fingerprint density at radius 3 is 2.87 bits per heavy atom. The SMILES string of the molecule is C=C(NCCCC)Nc1cccc(N2C(=C)c3c(Cl)cccc3N=C2C(C)Oc2ncnc3scnc23)c1. The van der Waals surface area contributed by atoms with Crippen molar-refractivity contribution >= 4 is 61.9 Å². The molecule has 0 spiro atoms. The predicted octanol–water partition coefficient (Wildman–Crippen LogP) is 7.00. The summed E-state index contributed by atoms with van der Waals surface area (Å²) in [6.07, 6.45) is 3.17.